The smallest absolute Gasteiger partial charge is 0.406 e. The number of hydrogen-bond acceptors (Lipinski definition) is 9. The Hall–Kier alpha value is -6.42. The number of imidazole rings is 2. The molecule has 2 aliphatic rings. The van der Waals surface area contributed by atoms with E-state index in [4.69, 9.17) is 0 Å². The molecule has 0 bridgehead atoms. The average molecular weight is 1020 g/mol. The molecule has 70 heavy (non-hydrogen) atoms. The predicted molar refractivity (Wildman–Crippen MR) is 245 cm³/mol. The number of aryl methyl sites for hydroxylation is 2. The van der Waals surface area contributed by atoms with Crippen LogP contribution in [-0.4, -0.2) is 97.0 Å². The van der Waals surface area contributed by atoms with Crippen molar-refractivity contribution in [3.63, 3.8) is 0 Å². The van der Waals surface area contributed by atoms with Crippen molar-refractivity contribution in [3.8, 4) is 33.8 Å². The van der Waals surface area contributed by atoms with Gasteiger partial charge in [0, 0.05) is 62.8 Å². The van der Waals surface area contributed by atoms with E-state index in [0.717, 1.165) is 54.2 Å². The van der Waals surface area contributed by atoms with Crippen molar-refractivity contribution >= 4 is 33.4 Å². The second kappa shape index (κ2) is 21.7. The van der Waals surface area contributed by atoms with E-state index >= 15 is 0 Å². The van der Waals surface area contributed by atoms with Gasteiger partial charge in [-0.25, -0.2) is 27.2 Å². The van der Waals surface area contributed by atoms with Gasteiger partial charge in [-0.2, -0.15) is 11.8 Å². The Kier molecular flexibility index (Phi) is 15.9. The van der Waals surface area contributed by atoms with E-state index in [9.17, 15) is 53.1 Å². The number of aromatic nitrogens is 4. The van der Waals surface area contributed by atoms with Crippen LogP contribution in [-0.2, 0) is 37.0 Å². The second-order valence-corrected chi connectivity index (χ2v) is 20.2. The molecule has 0 N–H and O–H groups in total. The summed E-state index contributed by atoms with van der Waals surface area (Å²) in [5.74, 6) is -0.627. The Bertz CT molecular complexity index is 2870. The highest BCUT2D eigenvalue weighted by molar-refractivity contribution is 7.99. The molecule has 2 aliphatic heterocycles. The van der Waals surface area contributed by atoms with E-state index in [0.29, 0.717) is 22.4 Å². The van der Waals surface area contributed by atoms with Gasteiger partial charge >= 0.3 is 12.7 Å². The Morgan fingerprint density at radius 3 is 1.37 bits per heavy atom. The van der Waals surface area contributed by atoms with Gasteiger partial charge in [0.1, 0.15) is 44.4 Å². The van der Waals surface area contributed by atoms with Crippen LogP contribution in [0.25, 0.3) is 22.3 Å². The van der Waals surface area contributed by atoms with Crippen LogP contribution in [0, 0.1) is 11.6 Å². The minimum absolute atomic E-state index is 0.0370. The van der Waals surface area contributed by atoms with Gasteiger partial charge in [0.15, 0.2) is 0 Å². The molecular weight excluding hydrogens is 973 g/mol. The van der Waals surface area contributed by atoms with Crippen LogP contribution in [0.2, 0.25) is 0 Å². The Labute approximate surface area is 402 Å². The van der Waals surface area contributed by atoms with Gasteiger partial charge in [-0.05, 0) is 108 Å². The summed E-state index contributed by atoms with van der Waals surface area (Å²) in [5.41, 5.74) is 2.95. The van der Waals surface area contributed by atoms with Gasteiger partial charge in [-0.1, -0.05) is 36.4 Å². The third-order valence-corrected chi connectivity index (χ3v) is 14.3. The molecule has 4 heterocycles. The molecule has 2 fully saturated rings. The van der Waals surface area contributed by atoms with Crippen molar-refractivity contribution < 1.29 is 62.6 Å². The first-order chi connectivity index (χ1) is 33.1. The molecule has 0 spiro atoms. The van der Waals surface area contributed by atoms with Crippen LogP contribution < -0.4 is 9.47 Å². The molecular formula is C48H46F8N6O6S2. The number of benzene rings is 4. The fraction of sp³-hybridized carbons (Fsp3) is 0.333. The Morgan fingerprint density at radius 1 is 0.629 bits per heavy atom. The second-order valence-electron chi connectivity index (χ2n) is 16.7. The SMILES string of the molecule is Cn1cnc(C(=O)N(Cc2ccc(F)c(-c3ccc(OC(F)(F)F)cc3)c2)C2CCS(=O)(=O)CC2)c1.Cn1cnc(C(=O)N(Cc2ccc(F)c(-c3ccc(OC(F)(F)F)cc3)c2)C2CCSCC2)c1. The number of carbonyl (C=O) groups excluding carboxylic acids is 2. The molecule has 22 heteroatoms. The fourth-order valence-electron chi connectivity index (χ4n) is 8.11. The van der Waals surface area contributed by atoms with E-state index < -0.39 is 39.9 Å². The minimum Gasteiger partial charge on any atom is -0.406 e. The quantitative estimate of drug-likeness (QED) is 0.110. The van der Waals surface area contributed by atoms with Crippen LogP contribution in [0.5, 0.6) is 11.5 Å². The zero-order valence-corrected chi connectivity index (χ0v) is 39.2. The molecule has 2 amide bonds. The summed E-state index contributed by atoms with van der Waals surface area (Å²) in [4.78, 5) is 38.3. The maximum absolute atomic E-state index is 14.7. The Balaban J connectivity index is 0.000000207. The first-order valence-electron chi connectivity index (χ1n) is 21.7. The van der Waals surface area contributed by atoms with Crippen molar-refractivity contribution in [2.24, 2.45) is 14.1 Å². The van der Waals surface area contributed by atoms with Crippen LogP contribution in [0.4, 0.5) is 35.1 Å². The molecule has 0 unspecified atom stereocenters. The van der Waals surface area contributed by atoms with Gasteiger partial charge in [-0.15, -0.1) is 26.3 Å². The van der Waals surface area contributed by atoms with Crippen molar-refractivity contribution in [1.82, 2.24) is 28.9 Å². The number of nitrogens with zero attached hydrogens (tertiary/aromatic N) is 6. The van der Waals surface area contributed by atoms with Crippen molar-refractivity contribution in [2.45, 2.75) is 63.6 Å². The average Bonchev–Trinajstić information content (AvgIpc) is 3.96. The number of amides is 2. The summed E-state index contributed by atoms with van der Waals surface area (Å²) in [5, 5.41) is 0. The monoisotopic (exact) mass is 1020 g/mol. The summed E-state index contributed by atoms with van der Waals surface area (Å²) in [6, 6.07) is 18.4. The number of halogens is 8. The minimum atomic E-state index is -4.84. The number of thioether (sulfide) groups is 1. The van der Waals surface area contributed by atoms with Gasteiger partial charge < -0.3 is 28.4 Å². The molecule has 2 aromatic heterocycles. The maximum Gasteiger partial charge on any atom is 0.573 e. The standard InChI is InChI=1S/C24H23F4N3O4S.C24H23F4N3O2S/c1-30-14-22(29-15-30)23(32)31(18-8-10-36(33,34)11-9-18)13-16-2-7-21(25)20(12-16)17-3-5-19(6-4-17)35-24(26,27)28;1-30-14-22(29-15-30)23(32)31(18-8-10-34-11-9-18)13-16-2-7-21(25)20(12-16)17-3-5-19(6-4-17)33-24(26,27)28/h2-7,12,14-15,18H,8-11,13H2,1H3;2-7,12,14-15,18H,8-11,13H2,1H3. The number of alkyl halides is 6. The summed E-state index contributed by atoms with van der Waals surface area (Å²) < 4.78 is 139. The van der Waals surface area contributed by atoms with Crippen molar-refractivity contribution in [2.75, 3.05) is 23.0 Å². The predicted octanol–water partition coefficient (Wildman–Crippen LogP) is 10.0. The highest BCUT2D eigenvalue weighted by Crippen LogP contribution is 2.33. The molecule has 372 valence electrons. The lowest BCUT2D eigenvalue weighted by Gasteiger charge is -2.34. The topological polar surface area (TPSA) is 129 Å². The third kappa shape index (κ3) is 13.9. The molecule has 0 atom stereocenters. The van der Waals surface area contributed by atoms with E-state index in [2.05, 4.69) is 19.4 Å². The molecule has 0 saturated carbocycles. The highest BCUT2D eigenvalue weighted by atomic mass is 32.2. The first kappa shape index (κ1) is 51.4. The van der Waals surface area contributed by atoms with Gasteiger partial charge in [0.05, 0.1) is 24.2 Å². The molecule has 4 aromatic carbocycles. The fourth-order valence-corrected chi connectivity index (χ4v) is 10.7. The van der Waals surface area contributed by atoms with Crippen LogP contribution in [0.3, 0.4) is 0 Å². The number of carbonyl (C=O) groups is 2. The van der Waals surface area contributed by atoms with Crippen molar-refractivity contribution in [3.05, 3.63) is 144 Å². The molecule has 0 radical (unpaired) electrons. The van der Waals surface area contributed by atoms with Gasteiger partial charge in [-0.3, -0.25) is 9.59 Å². The number of sulfone groups is 1. The zero-order valence-electron chi connectivity index (χ0n) is 37.6. The highest BCUT2D eigenvalue weighted by Gasteiger charge is 2.34. The lowest BCUT2D eigenvalue weighted by molar-refractivity contribution is -0.275. The lowest BCUT2D eigenvalue weighted by Crippen LogP contribution is -2.44. The van der Waals surface area contributed by atoms with E-state index in [1.54, 1.807) is 63.9 Å². The largest absolute Gasteiger partial charge is 0.573 e. The maximum atomic E-state index is 14.7. The van der Waals surface area contributed by atoms with Crippen LogP contribution in [0.1, 0.15) is 57.8 Å². The lowest BCUT2D eigenvalue weighted by atomic mass is 10.0. The molecule has 2 saturated heterocycles. The van der Waals surface area contributed by atoms with Crippen LogP contribution in [0.15, 0.2) is 110 Å². The number of ether oxygens (including phenoxy) is 2. The van der Waals surface area contributed by atoms with E-state index in [1.807, 2.05) is 11.8 Å². The van der Waals surface area contributed by atoms with Gasteiger partial charge in [0.25, 0.3) is 11.8 Å². The van der Waals surface area contributed by atoms with Gasteiger partial charge in [0.2, 0.25) is 0 Å². The summed E-state index contributed by atoms with van der Waals surface area (Å²) >= 11 is 1.85. The number of rotatable bonds is 12. The zero-order chi connectivity index (χ0) is 50.4. The molecule has 8 rings (SSSR count). The number of hydrogen-bond donors (Lipinski definition) is 0. The summed E-state index contributed by atoms with van der Waals surface area (Å²) in [6.45, 7) is 0.343. The van der Waals surface area contributed by atoms with E-state index in [-0.39, 0.29) is 83.9 Å². The normalized spacial score (nSPS) is 15.4. The Morgan fingerprint density at radius 2 is 1.01 bits per heavy atom. The molecule has 0 aliphatic carbocycles. The first-order valence-corrected chi connectivity index (χ1v) is 24.7. The third-order valence-electron chi connectivity index (χ3n) is 11.5. The van der Waals surface area contributed by atoms with Crippen LogP contribution >= 0.6 is 11.8 Å². The summed E-state index contributed by atoms with van der Waals surface area (Å²) in [7, 11) is 0.355. The molecule has 6 aromatic rings. The van der Waals surface area contributed by atoms with Crippen molar-refractivity contribution in [1.29, 1.82) is 0 Å². The summed E-state index contributed by atoms with van der Waals surface area (Å²) in [6.07, 6.45) is -1.07. The van der Waals surface area contributed by atoms with E-state index in [1.165, 1.54) is 54.9 Å². The molecule has 12 nitrogen and oxygen atoms in total.